The molecule has 0 aromatic carbocycles. The van der Waals surface area contributed by atoms with Crippen molar-refractivity contribution in [1.82, 2.24) is 0 Å². The van der Waals surface area contributed by atoms with Crippen LogP contribution in [-0.2, 0) is 0 Å². The SMILES string of the molecule is CCC(CO)(CO)CO.CC[N+](CO)(CO)CO. The zero-order chi connectivity index (χ0) is 14.7. The number of aliphatic hydroxyl groups is 6. The van der Waals surface area contributed by atoms with E-state index >= 15 is 0 Å². The number of quaternary nitrogens is 1. The number of aliphatic hydroxyl groups excluding tert-OH is 6. The van der Waals surface area contributed by atoms with Crippen LogP contribution in [0.5, 0.6) is 0 Å². The molecule has 0 spiro atoms. The van der Waals surface area contributed by atoms with Gasteiger partial charge in [-0.25, -0.2) is 0 Å². The fourth-order valence-corrected chi connectivity index (χ4v) is 0.920. The lowest BCUT2D eigenvalue weighted by atomic mass is 9.88. The molecule has 0 aromatic rings. The predicted molar refractivity (Wildman–Crippen MR) is 66.0 cm³/mol. The molecule has 0 unspecified atom stereocenters. The van der Waals surface area contributed by atoms with Gasteiger partial charge in [0, 0.05) is 5.41 Å². The van der Waals surface area contributed by atoms with E-state index in [-0.39, 0.29) is 44.5 Å². The number of nitrogens with zero attached hydrogens (tertiary/aromatic N) is 1. The van der Waals surface area contributed by atoms with Crippen molar-refractivity contribution in [2.24, 2.45) is 5.41 Å². The second-order valence-corrected chi connectivity index (χ2v) is 4.41. The molecule has 0 amide bonds. The Hall–Kier alpha value is -0.280. The fraction of sp³-hybridized carbons (Fsp3) is 1.00. The van der Waals surface area contributed by atoms with Crippen LogP contribution >= 0.6 is 0 Å². The lowest BCUT2D eigenvalue weighted by Crippen LogP contribution is -2.49. The topological polar surface area (TPSA) is 121 Å². The summed E-state index contributed by atoms with van der Waals surface area (Å²) >= 11 is 0. The second-order valence-electron chi connectivity index (χ2n) is 4.41. The van der Waals surface area contributed by atoms with E-state index in [9.17, 15) is 0 Å². The molecule has 0 heterocycles. The summed E-state index contributed by atoms with van der Waals surface area (Å²) in [4.78, 5) is 0. The van der Waals surface area contributed by atoms with Gasteiger partial charge in [0.15, 0.2) is 20.2 Å². The highest BCUT2D eigenvalue weighted by Gasteiger charge is 2.24. The minimum Gasteiger partial charge on any atom is -0.396 e. The van der Waals surface area contributed by atoms with Gasteiger partial charge in [0.05, 0.1) is 26.4 Å². The van der Waals surface area contributed by atoms with Gasteiger partial charge in [-0.05, 0) is 13.3 Å². The minimum atomic E-state index is -0.667. The van der Waals surface area contributed by atoms with Gasteiger partial charge in [0.2, 0.25) is 0 Å². The van der Waals surface area contributed by atoms with E-state index in [1.165, 1.54) is 0 Å². The summed E-state index contributed by atoms with van der Waals surface area (Å²) in [5, 5.41) is 51.9. The highest BCUT2D eigenvalue weighted by atomic mass is 16.3. The van der Waals surface area contributed by atoms with Crippen LogP contribution in [0.2, 0.25) is 0 Å². The van der Waals surface area contributed by atoms with E-state index in [1.807, 2.05) is 6.92 Å². The van der Waals surface area contributed by atoms with Crippen molar-refractivity contribution in [2.75, 3.05) is 46.6 Å². The molecule has 0 atom stereocenters. The van der Waals surface area contributed by atoms with Gasteiger partial charge in [-0.15, -0.1) is 0 Å². The molecule has 112 valence electrons. The third kappa shape index (κ3) is 6.05. The summed E-state index contributed by atoms with van der Waals surface area (Å²) in [6.45, 7) is 3.02. The van der Waals surface area contributed by atoms with E-state index in [1.54, 1.807) is 6.92 Å². The maximum Gasteiger partial charge on any atom is 0.183 e. The Morgan fingerprint density at radius 3 is 1.06 bits per heavy atom. The van der Waals surface area contributed by atoms with Gasteiger partial charge < -0.3 is 30.6 Å². The summed E-state index contributed by atoms with van der Waals surface area (Å²) < 4.78 is -0.0556. The highest BCUT2D eigenvalue weighted by molar-refractivity contribution is 4.74. The third-order valence-corrected chi connectivity index (χ3v) is 3.33. The molecule has 0 saturated heterocycles. The maximum atomic E-state index is 8.66. The van der Waals surface area contributed by atoms with Crippen molar-refractivity contribution in [1.29, 1.82) is 0 Å². The molecule has 0 aliphatic heterocycles. The molecule has 0 bridgehead atoms. The van der Waals surface area contributed by atoms with Gasteiger partial charge in [-0.3, -0.25) is 4.48 Å². The summed E-state index contributed by atoms with van der Waals surface area (Å²) in [6.07, 6.45) is 0.594. The lowest BCUT2D eigenvalue weighted by molar-refractivity contribution is -0.975. The molecule has 0 aliphatic carbocycles. The summed E-state index contributed by atoms with van der Waals surface area (Å²) in [7, 11) is 0. The first-order valence-corrected chi connectivity index (χ1v) is 5.99. The zero-order valence-corrected chi connectivity index (χ0v) is 11.3. The highest BCUT2D eigenvalue weighted by Crippen LogP contribution is 2.18. The van der Waals surface area contributed by atoms with Crippen molar-refractivity contribution in [2.45, 2.75) is 20.3 Å². The number of hydrogen-bond donors (Lipinski definition) is 6. The van der Waals surface area contributed by atoms with Crippen LogP contribution in [0.15, 0.2) is 0 Å². The van der Waals surface area contributed by atoms with Gasteiger partial charge in [-0.1, -0.05) is 6.92 Å². The molecular formula is C11H28NO6+. The summed E-state index contributed by atoms with van der Waals surface area (Å²) in [5.41, 5.74) is -0.667. The number of hydrogen-bond acceptors (Lipinski definition) is 6. The Balaban J connectivity index is 0. The standard InChI is InChI=1S/C6H14O3.C5H14NO3/c2*1-2-6(3-7,4-8)5-9/h2*7-9H,2-5H2,1H3/q;+1. The monoisotopic (exact) mass is 270 g/mol. The molecule has 7 nitrogen and oxygen atoms in total. The second kappa shape index (κ2) is 10.6. The molecule has 7 heteroatoms. The predicted octanol–water partition coefficient (Wildman–Crippen LogP) is -1.97. The first-order chi connectivity index (χ1) is 8.49. The average Bonchev–Trinajstić information content (AvgIpc) is 2.46. The largest absolute Gasteiger partial charge is 0.396 e. The van der Waals surface area contributed by atoms with Crippen LogP contribution in [0.1, 0.15) is 20.3 Å². The summed E-state index contributed by atoms with van der Waals surface area (Å²) in [6, 6.07) is 0. The maximum absolute atomic E-state index is 8.66. The van der Waals surface area contributed by atoms with Crippen LogP contribution in [-0.4, -0.2) is 81.7 Å². The van der Waals surface area contributed by atoms with E-state index < -0.39 is 5.41 Å². The quantitative estimate of drug-likeness (QED) is 0.225. The molecule has 6 N–H and O–H groups in total. The lowest BCUT2D eigenvalue weighted by Gasteiger charge is -2.30. The first kappa shape index (κ1) is 20.0. The van der Waals surface area contributed by atoms with Gasteiger partial charge in [0.25, 0.3) is 0 Å². The van der Waals surface area contributed by atoms with Crippen LogP contribution < -0.4 is 0 Å². The molecule has 0 radical (unpaired) electrons. The molecule has 0 rings (SSSR count). The Morgan fingerprint density at radius 1 is 0.722 bits per heavy atom. The Bertz CT molecular complexity index is 127. The number of rotatable bonds is 8. The van der Waals surface area contributed by atoms with Crippen molar-refractivity contribution >= 4 is 0 Å². The Labute approximate surface area is 108 Å². The van der Waals surface area contributed by atoms with E-state index in [0.717, 1.165) is 0 Å². The van der Waals surface area contributed by atoms with E-state index in [4.69, 9.17) is 30.6 Å². The average molecular weight is 270 g/mol. The molecule has 0 aliphatic rings. The molecule has 0 fully saturated rings. The normalized spacial score (nSPS) is 12.0. The molecule has 18 heavy (non-hydrogen) atoms. The first-order valence-electron chi connectivity index (χ1n) is 5.99. The molecule has 0 saturated carbocycles. The van der Waals surface area contributed by atoms with Crippen LogP contribution in [0.3, 0.4) is 0 Å². The minimum absolute atomic E-state index is 0.0556. The van der Waals surface area contributed by atoms with Gasteiger partial charge in [-0.2, -0.15) is 0 Å². The smallest absolute Gasteiger partial charge is 0.183 e. The van der Waals surface area contributed by atoms with Crippen molar-refractivity contribution < 1.29 is 35.1 Å². The van der Waals surface area contributed by atoms with Gasteiger partial charge in [0.1, 0.15) is 0 Å². The third-order valence-electron chi connectivity index (χ3n) is 3.33. The van der Waals surface area contributed by atoms with Crippen LogP contribution in [0.25, 0.3) is 0 Å². The molecular weight excluding hydrogens is 242 g/mol. The Kier molecular flexibility index (Phi) is 11.8. The fourth-order valence-electron chi connectivity index (χ4n) is 0.920. The van der Waals surface area contributed by atoms with Gasteiger partial charge >= 0.3 is 0 Å². The summed E-state index contributed by atoms with van der Waals surface area (Å²) in [5.74, 6) is 0. The van der Waals surface area contributed by atoms with E-state index in [0.29, 0.717) is 13.0 Å². The van der Waals surface area contributed by atoms with Crippen molar-refractivity contribution in [3.05, 3.63) is 0 Å². The Morgan fingerprint density at radius 2 is 1.06 bits per heavy atom. The van der Waals surface area contributed by atoms with Crippen molar-refractivity contribution in [3.63, 3.8) is 0 Å². The molecule has 0 aromatic heterocycles. The van der Waals surface area contributed by atoms with Crippen LogP contribution in [0, 0.1) is 5.41 Å². The van der Waals surface area contributed by atoms with Crippen LogP contribution in [0.4, 0.5) is 0 Å². The zero-order valence-electron chi connectivity index (χ0n) is 11.3. The van der Waals surface area contributed by atoms with Crippen molar-refractivity contribution in [3.8, 4) is 0 Å². The van der Waals surface area contributed by atoms with E-state index in [2.05, 4.69) is 0 Å².